The maximum atomic E-state index is 9.26. The number of thiol groups is 1. The largest absolute Gasteiger partial charge is 0.197 e. The minimum Gasteiger partial charge on any atom is -0.197 e. The molecule has 0 aromatic heterocycles. The van der Waals surface area contributed by atoms with Crippen LogP contribution in [0.3, 0.4) is 0 Å². The third-order valence-electron chi connectivity index (χ3n) is 2.50. The molecule has 2 atom stereocenters. The molecule has 0 amide bonds. The second-order valence-corrected chi connectivity index (χ2v) is 4.69. The summed E-state index contributed by atoms with van der Waals surface area (Å²) in [6.07, 6.45) is 9.56. The summed E-state index contributed by atoms with van der Waals surface area (Å²) < 4.78 is 0.598. The van der Waals surface area contributed by atoms with Crippen molar-refractivity contribution in [3.63, 3.8) is 0 Å². The van der Waals surface area contributed by atoms with Crippen LogP contribution in [0.1, 0.15) is 19.8 Å². The van der Waals surface area contributed by atoms with E-state index in [1.165, 1.54) is 0 Å². The van der Waals surface area contributed by atoms with Crippen LogP contribution in [0.5, 0.6) is 0 Å². The Hall–Kier alpha value is -0.590. The molecular weight excluding hydrogens is 210 g/mol. The second-order valence-electron chi connectivity index (χ2n) is 3.46. The first-order valence-electron chi connectivity index (χ1n) is 4.66. The summed E-state index contributed by atoms with van der Waals surface area (Å²) in [5.41, 5.74) is -0.470. The number of allylic oxidation sites excluding steroid dienone is 4. The number of nitriles is 1. The van der Waals surface area contributed by atoms with E-state index in [1.807, 2.05) is 24.3 Å². The van der Waals surface area contributed by atoms with Gasteiger partial charge in [0.1, 0.15) is 0 Å². The van der Waals surface area contributed by atoms with Gasteiger partial charge in [0.05, 0.1) is 15.7 Å². The molecule has 1 aliphatic rings. The maximum absolute atomic E-state index is 9.26. The molecule has 0 fully saturated rings. The zero-order valence-corrected chi connectivity index (χ0v) is 9.81. The highest BCUT2D eigenvalue weighted by Crippen LogP contribution is 2.39. The molecule has 14 heavy (non-hydrogen) atoms. The van der Waals surface area contributed by atoms with Gasteiger partial charge in [-0.05, 0) is 6.42 Å². The van der Waals surface area contributed by atoms with Crippen LogP contribution in [0, 0.1) is 22.7 Å². The van der Waals surface area contributed by atoms with Crippen LogP contribution in [0.25, 0.3) is 0 Å². The van der Waals surface area contributed by atoms with E-state index in [1.54, 1.807) is 0 Å². The van der Waals surface area contributed by atoms with Gasteiger partial charge in [-0.3, -0.25) is 0 Å². The van der Waals surface area contributed by atoms with Crippen molar-refractivity contribution in [2.24, 2.45) is 11.3 Å². The summed E-state index contributed by atoms with van der Waals surface area (Å²) in [4.78, 5) is 0. The summed E-state index contributed by atoms with van der Waals surface area (Å²) >= 11 is 9.27. The van der Waals surface area contributed by atoms with Gasteiger partial charge in [-0.2, -0.15) is 5.26 Å². The van der Waals surface area contributed by atoms with Crippen LogP contribution in [-0.2, 0) is 0 Å². The van der Waals surface area contributed by atoms with E-state index in [-0.39, 0.29) is 5.92 Å². The lowest BCUT2D eigenvalue weighted by Crippen LogP contribution is -2.30. The van der Waals surface area contributed by atoms with E-state index in [9.17, 15) is 5.26 Å². The molecule has 0 spiro atoms. The van der Waals surface area contributed by atoms with Crippen molar-refractivity contribution in [2.75, 3.05) is 0 Å². The number of hydrogen-bond acceptors (Lipinski definition) is 2. The Morgan fingerprint density at radius 3 is 2.86 bits per heavy atom. The summed E-state index contributed by atoms with van der Waals surface area (Å²) in [5.74, 6) is -0.0317. The first kappa shape index (κ1) is 11.5. The van der Waals surface area contributed by atoms with Crippen LogP contribution in [-0.4, -0.2) is 4.20 Å². The van der Waals surface area contributed by atoms with Crippen LogP contribution in [0.15, 0.2) is 24.3 Å². The molecule has 0 heterocycles. The third-order valence-corrected chi connectivity index (χ3v) is 3.03. The van der Waals surface area contributed by atoms with Crippen molar-refractivity contribution in [1.82, 2.24) is 0 Å². The topological polar surface area (TPSA) is 23.8 Å². The molecule has 3 heteroatoms. The monoisotopic (exact) mass is 223 g/mol. The highest BCUT2D eigenvalue weighted by molar-refractivity contribution is 8.11. The number of rotatable bonds is 3. The van der Waals surface area contributed by atoms with Crippen LogP contribution in [0.4, 0.5) is 0 Å². The lowest BCUT2D eigenvalue weighted by molar-refractivity contribution is 0.409. The molecule has 0 aliphatic heterocycles. The minimum absolute atomic E-state index is 0.0317. The summed E-state index contributed by atoms with van der Waals surface area (Å²) in [7, 11) is 0. The van der Waals surface area contributed by atoms with Gasteiger partial charge in [-0.15, -0.1) is 12.6 Å². The number of hydrogen-bond donors (Lipinski definition) is 1. The van der Waals surface area contributed by atoms with E-state index >= 15 is 0 Å². The molecule has 0 bridgehead atoms. The van der Waals surface area contributed by atoms with E-state index in [0.29, 0.717) is 4.20 Å². The van der Waals surface area contributed by atoms with Gasteiger partial charge >= 0.3 is 0 Å². The lowest BCUT2D eigenvalue weighted by atomic mass is 9.72. The van der Waals surface area contributed by atoms with Gasteiger partial charge in [0.25, 0.3) is 0 Å². The molecule has 1 aliphatic carbocycles. The Morgan fingerprint density at radius 2 is 2.36 bits per heavy atom. The molecule has 0 radical (unpaired) electrons. The third kappa shape index (κ3) is 2.08. The molecule has 0 aromatic carbocycles. The molecule has 1 nitrogen and oxygen atoms in total. The summed E-state index contributed by atoms with van der Waals surface area (Å²) in [6.45, 7) is 2.07. The zero-order valence-electron chi connectivity index (χ0n) is 8.10. The minimum atomic E-state index is -0.470. The summed E-state index contributed by atoms with van der Waals surface area (Å²) in [5, 5.41) is 9.26. The first-order chi connectivity index (χ1) is 6.66. The fourth-order valence-electron chi connectivity index (χ4n) is 1.80. The molecular formula is C11H13NS2. The molecule has 0 N–H and O–H groups in total. The fourth-order valence-corrected chi connectivity index (χ4v) is 2.40. The van der Waals surface area contributed by atoms with Gasteiger partial charge in [0.2, 0.25) is 0 Å². The van der Waals surface area contributed by atoms with E-state index < -0.39 is 5.41 Å². The average Bonchev–Trinajstić information content (AvgIpc) is 2.18. The van der Waals surface area contributed by atoms with Crippen molar-refractivity contribution in [3.8, 4) is 6.07 Å². The van der Waals surface area contributed by atoms with Crippen molar-refractivity contribution in [3.05, 3.63) is 24.3 Å². The Kier molecular flexibility index (Phi) is 3.91. The standard InChI is InChI=1S/C11H13NS2/c1-2-6-11(8-12)7-4-3-5-9(11)10(13)14/h3-5,7,9H,2,6H2,1H3,(H,13,14). The normalized spacial score (nSPS) is 29.9. The second kappa shape index (κ2) is 4.77. The Balaban J connectivity index is 3.03. The molecule has 2 unspecified atom stereocenters. The fraction of sp³-hybridized carbons (Fsp3) is 0.455. The van der Waals surface area contributed by atoms with Crippen LogP contribution >= 0.6 is 24.8 Å². The highest BCUT2D eigenvalue weighted by Gasteiger charge is 2.37. The van der Waals surface area contributed by atoms with Crippen molar-refractivity contribution < 1.29 is 0 Å². The predicted molar refractivity (Wildman–Crippen MR) is 66.3 cm³/mol. The Bertz CT molecular complexity index is 325. The average molecular weight is 223 g/mol. The van der Waals surface area contributed by atoms with Crippen LogP contribution in [0.2, 0.25) is 0 Å². The molecule has 0 aromatic rings. The molecule has 74 valence electrons. The van der Waals surface area contributed by atoms with Gasteiger partial charge in [-0.25, -0.2) is 0 Å². The van der Waals surface area contributed by atoms with Crippen molar-refractivity contribution in [1.29, 1.82) is 5.26 Å². The molecule has 1 rings (SSSR count). The number of nitrogens with zero attached hydrogens (tertiary/aromatic N) is 1. The molecule has 0 saturated carbocycles. The van der Waals surface area contributed by atoms with Gasteiger partial charge < -0.3 is 0 Å². The predicted octanol–water partition coefficient (Wildman–Crippen LogP) is 3.30. The quantitative estimate of drug-likeness (QED) is 0.586. The van der Waals surface area contributed by atoms with Gasteiger partial charge in [0.15, 0.2) is 0 Å². The smallest absolute Gasteiger partial charge is 0.0872 e. The van der Waals surface area contributed by atoms with Gasteiger partial charge in [0, 0.05) is 5.92 Å². The SMILES string of the molecule is CCCC1(C#N)C=CC=CC1C(=S)S. The van der Waals surface area contributed by atoms with Gasteiger partial charge in [-0.1, -0.05) is 49.9 Å². The first-order valence-corrected chi connectivity index (χ1v) is 5.52. The Labute approximate surface area is 95.9 Å². The highest BCUT2D eigenvalue weighted by atomic mass is 32.1. The zero-order chi connectivity index (χ0) is 10.6. The van der Waals surface area contributed by atoms with E-state index in [0.717, 1.165) is 12.8 Å². The van der Waals surface area contributed by atoms with Crippen molar-refractivity contribution >= 4 is 29.0 Å². The van der Waals surface area contributed by atoms with E-state index in [4.69, 9.17) is 12.2 Å². The Morgan fingerprint density at radius 1 is 1.64 bits per heavy atom. The lowest BCUT2D eigenvalue weighted by Gasteiger charge is -2.31. The molecule has 0 saturated heterocycles. The maximum Gasteiger partial charge on any atom is 0.0872 e. The summed E-state index contributed by atoms with van der Waals surface area (Å²) in [6, 6.07) is 2.38. The van der Waals surface area contributed by atoms with E-state index in [2.05, 4.69) is 25.6 Å². The number of thiocarbonyl (C=S) groups is 1. The van der Waals surface area contributed by atoms with Crippen LogP contribution < -0.4 is 0 Å². The van der Waals surface area contributed by atoms with Crippen molar-refractivity contribution in [2.45, 2.75) is 19.8 Å².